The van der Waals surface area contributed by atoms with Gasteiger partial charge in [-0.15, -0.1) is 0 Å². The summed E-state index contributed by atoms with van der Waals surface area (Å²) in [5.41, 5.74) is 0.622. The molecule has 1 rings (SSSR count). The Morgan fingerprint density at radius 3 is 1.08 bits per heavy atom. The summed E-state index contributed by atoms with van der Waals surface area (Å²) < 4.78 is 48.8. The van der Waals surface area contributed by atoms with Crippen LogP contribution in [0.4, 0.5) is 0 Å². The number of alkyl halides is 1. The van der Waals surface area contributed by atoms with Gasteiger partial charge in [0.25, 0.3) is 0 Å². The monoisotopic (exact) mass is 580 g/mol. The van der Waals surface area contributed by atoms with E-state index in [2.05, 4.69) is 15.9 Å². The maximum absolute atomic E-state index is 10.6. The summed E-state index contributed by atoms with van der Waals surface area (Å²) in [5, 5.41) is 0.837. The second-order valence-electron chi connectivity index (χ2n) is 7.12. The van der Waals surface area contributed by atoms with Crippen LogP contribution in [0.3, 0.4) is 0 Å². The number of ether oxygens (including phenoxy) is 9. The molecule has 0 spiro atoms. The fourth-order valence-electron chi connectivity index (χ4n) is 2.56. The van der Waals surface area contributed by atoms with E-state index >= 15 is 0 Å². The van der Waals surface area contributed by atoms with Gasteiger partial charge in [-0.1, -0.05) is 15.9 Å². The summed E-state index contributed by atoms with van der Waals surface area (Å²) in [6, 6.07) is 6.94. The lowest BCUT2D eigenvalue weighted by Crippen LogP contribution is -2.15. The van der Waals surface area contributed by atoms with Crippen molar-refractivity contribution in [3.05, 3.63) is 29.8 Å². The van der Waals surface area contributed by atoms with Crippen molar-refractivity contribution in [1.82, 2.24) is 0 Å². The molecule has 0 saturated carbocycles. The van der Waals surface area contributed by atoms with Crippen molar-refractivity contribution in [3.8, 4) is 5.75 Å². The van der Waals surface area contributed by atoms with Gasteiger partial charge in [0, 0.05) is 10.9 Å². The molecular weight excluding hydrogens is 540 g/mol. The molecule has 0 aliphatic carbocycles. The van der Waals surface area contributed by atoms with Gasteiger partial charge in [0.2, 0.25) is 0 Å². The zero-order chi connectivity index (χ0) is 25.8. The van der Waals surface area contributed by atoms with Gasteiger partial charge in [-0.3, -0.25) is 4.79 Å². The van der Waals surface area contributed by atoms with Crippen molar-refractivity contribution in [2.45, 2.75) is 0 Å². The van der Waals surface area contributed by atoms with Crippen LogP contribution in [-0.4, -0.2) is 124 Å². The molecule has 208 valence electrons. The molecule has 0 unspecified atom stereocenters. The van der Waals surface area contributed by atoms with Crippen LogP contribution in [0.1, 0.15) is 10.4 Å². The maximum Gasteiger partial charge on any atom is 0.150 e. The first kappa shape index (κ1) is 32.9. The minimum atomic E-state index is 0.437. The molecule has 0 atom stereocenters. The Labute approximate surface area is 222 Å². The SMILES string of the molecule is O=Cc1ccc(OCCOCCOCCOCCOCCOCCOCCOCCOCCBr)cc1. The van der Waals surface area contributed by atoms with Crippen molar-refractivity contribution in [3.63, 3.8) is 0 Å². The number of carbonyl (C=O) groups is 1. The number of hydrogen-bond acceptors (Lipinski definition) is 10. The Morgan fingerprint density at radius 2 is 0.778 bits per heavy atom. The summed E-state index contributed by atoms with van der Waals surface area (Å²) in [4.78, 5) is 10.6. The van der Waals surface area contributed by atoms with Crippen LogP contribution in [0.5, 0.6) is 5.75 Å². The summed E-state index contributed by atoms with van der Waals surface area (Å²) in [7, 11) is 0. The van der Waals surface area contributed by atoms with Crippen molar-refractivity contribution >= 4 is 22.2 Å². The largest absolute Gasteiger partial charge is 0.491 e. The lowest BCUT2D eigenvalue weighted by molar-refractivity contribution is -0.0233. The van der Waals surface area contributed by atoms with Crippen molar-refractivity contribution in [2.75, 3.05) is 118 Å². The maximum atomic E-state index is 10.6. The van der Waals surface area contributed by atoms with Crippen LogP contribution in [0.25, 0.3) is 0 Å². The third kappa shape index (κ3) is 22.1. The number of hydrogen-bond donors (Lipinski definition) is 0. The van der Waals surface area contributed by atoms with Gasteiger partial charge in [0.05, 0.1) is 106 Å². The first-order valence-electron chi connectivity index (χ1n) is 12.2. The van der Waals surface area contributed by atoms with E-state index in [1.165, 1.54) is 0 Å². The average molecular weight is 581 g/mol. The first-order chi connectivity index (χ1) is 17.9. The molecule has 36 heavy (non-hydrogen) atoms. The van der Waals surface area contributed by atoms with Gasteiger partial charge in [-0.2, -0.15) is 0 Å². The standard InChI is InChI=1S/C25H41BrO10/c26-5-6-28-7-8-29-9-10-30-11-12-31-13-14-32-15-16-33-17-18-34-19-20-35-21-22-36-25-3-1-24(23-27)2-4-25/h1-4,23H,5-22H2. The fourth-order valence-corrected chi connectivity index (χ4v) is 2.79. The number of halogens is 1. The van der Waals surface area contributed by atoms with E-state index in [4.69, 9.17) is 42.6 Å². The third-order valence-electron chi connectivity index (χ3n) is 4.34. The quantitative estimate of drug-likeness (QED) is 0.0834. The number of carbonyl (C=O) groups excluding carboxylic acids is 1. The molecule has 1 aromatic carbocycles. The van der Waals surface area contributed by atoms with E-state index in [0.29, 0.717) is 124 Å². The summed E-state index contributed by atoms with van der Waals surface area (Å²) >= 11 is 3.29. The fraction of sp³-hybridized carbons (Fsp3) is 0.720. The molecule has 0 N–H and O–H groups in total. The van der Waals surface area contributed by atoms with Crippen LogP contribution in [0.2, 0.25) is 0 Å². The van der Waals surface area contributed by atoms with Crippen molar-refractivity contribution in [2.24, 2.45) is 0 Å². The molecule has 1 aromatic rings. The Balaban J connectivity index is 1.67. The van der Waals surface area contributed by atoms with Crippen LogP contribution in [0, 0.1) is 0 Å². The third-order valence-corrected chi connectivity index (χ3v) is 4.66. The van der Waals surface area contributed by atoms with E-state index in [0.717, 1.165) is 11.6 Å². The lowest BCUT2D eigenvalue weighted by atomic mass is 10.2. The molecule has 0 bridgehead atoms. The molecule has 0 amide bonds. The Morgan fingerprint density at radius 1 is 0.472 bits per heavy atom. The predicted octanol–water partition coefficient (Wildman–Crippen LogP) is 2.41. The number of aldehydes is 1. The lowest BCUT2D eigenvalue weighted by Gasteiger charge is -2.09. The van der Waals surface area contributed by atoms with E-state index in [1.807, 2.05) is 0 Å². The number of benzene rings is 1. The van der Waals surface area contributed by atoms with E-state index < -0.39 is 0 Å². The van der Waals surface area contributed by atoms with Crippen LogP contribution >= 0.6 is 15.9 Å². The van der Waals surface area contributed by atoms with Gasteiger partial charge in [0.15, 0.2) is 0 Å². The zero-order valence-corrected chi connectivity index (χ0v) is 22.7. The molecular formula is C25H41BrO10. The molecule has 0 heterocycles. The van der Waals surface area contributed by atoms with Crippen LogP contribution < -0.4 is 4.74 Å². The number of rotatable bonds is 28. The second kappa shape index (κ2) is 26.9. The van der Waals surface area contributed by atoms with E-state index in [9.17, 15) is 4.79 Å². The van der Waals surface area contributed by atoms with Crippen LogP contribution in [-0.2, 0) is 37.9 Å². The molecule has 0 fully saturated rings. The molecule has 0 aliphatic rings. The molecule has 0 saturated heterocycles. The topological polar surface area (TPSA) is 100 Å². The summed E-state index contributed by atoms with van der Waals surface area (Å²) in [5.74, 6) is 0.708. The highest BCUT2D eigenvalue weighted by Crippen LogP contribution is 2.10. The second-order valence-corrected chi connectivity index (χ2v) is 7.92. The van der Waals surface area contributed by atoms with E-state index in [1.54, 1.807) is 24.3 Å². The molecule has 0 radical (unpaired) electrons. The molecule has 0 aliphatic heterocycles. The molecule has 10 nitrogen and oxygen atoms in total. The smallest absolute Gasteiger partial charge is 0.150 e. The van der Waals surface area contributed by atoms with E-state index in [-0.39, 0.29) is 0 Å². The van der Waals surface area contributed by atoms with Crippen molar-refractivity contribution in [1.29, 1.82) is 0 Å². The van der Waals surface area contributed by atoms with Gasteiger partial charge in [-0.25, -0.2) is 0 Å². The van der Waals surface area contributed by atoms with Crippen LogP contribution in [0.15, 0.2) is 24.3 Å². The highest BCUT2D eigenvalue weighted by atomic mass is 79.9. The normalized spacial score (nSPS) is 11.1. The molecule has 0 aromatic heterocycles. The van der Waals surface area contributed by atoms with Crippen molar-refractivity contribution < 1.29 is 47.4 Å². The van der Waals surface area contributed by atoms with Gasteiger partial charge in [-0.05, 0) is 24.3 Å². The van der Waals surface area contributed by atoms with Gasteiger partial charge >= 0.3 is 0 Å². The highest BCUT2D eigenvalue weighted by molar-refractivity contribution is 9.09. The molecule has 11 heteroatoms. The Kier molecular flexibility index (Phi) is 24.6. The summed E-state index contributed by atoms with van der Waals surface area (Å²) in [6.45, 7) is 8.98. The Hall–Kier alpha value is -1.15. The Bertz CT molecular complexity index is 591. The average Bonchev–Trinajstić information content (AvgIpc) is 2.91. The van der Waals surface area contributed by atoms with Gasteiger partial charge < -0.3 is 42.6 Å². The summed E-state index contributed by atoms with van der Waals surface area (Å²) in [6.07, 6.45) is 0.799. The predicted molar refractivity (Wildman–Crippen MR) is 138 cm³/mol. The minimum Gasteiger partial charge on any atom is -0.491 e. The zero-order valence-electron chi connectivity index (χ0n) is 21.1. The highest BCUT2D eigenvalue weighted by Gasteiger charge is 1.97. The minimum absolute atomic E-state index is 0.437. The van der Waals surface area contributed by atoms with Gasteiger partial charge in [0.1, 0.15) is 18.6 Å². The first-order valence-corrected chi connectivity index (χ1v) is 13.3.